The van der Waals surface area contributed by atoms with E-state index in [1.165, 1.54) is 9.78 Å². The molecule has 0 spiro atoms. The SMILES string of the molecule is C#Cc1cccc(NC(=O)CN(C)C(=O)[C@H](C)c2ccc(C)s2)c1. The number of aryl methyl sites for hydroxylation is 1. The van der Waals surface area contributed by atoms with Gasteiger partial charge in [-0.25, -0.2) is 0 Å². The van der Waals surface area contributed by atoms with E-state index in [1.807, 2.05) is 26.0 Å². The number of likely N-dealkylation sites (N-methyl/N-ethyl adjacent to an activating group) is 1. The van der Waals surface area contributed by atoms with Crippen LogP contribution in [0.15, 0.2) is 36.4 Å². The second-order valence-corrected chi connectivity index (χ2v) is 6.96. The summed E-state index contributed by atoms with van der Waals surface area (Å²) >= 11 is 1.60. The minimum atomic E-state index is -0.258. The van der Waals surface area contributed by atoms with Gasteiger partial charge in [0.1, 0.15) is 0 Å². The lowest BCUT2D eigenvalue weighted by Gasteiger charge is -2.20. The number of anilines is 1. The summed E-state index contributed by atoms with van der Waals surface area (Å²) in [5, 5.41) is 2.76. The minimum absolute atomic E-state index is 0.00614. The number of nitrogens with one attached hydrogen (secondary N) is 1. The van der Waals surface area contributed by atoms with Gasteiger partial charge < -0.3 is 10.2 Å². The van der Waals surface area contributed by atoms with Crippen LogP contribution in [0.5, 0.6) is 0 Å². The predicted molar refractivity (Wildman–Crippen MR) is 98.1 cm³/mol. The molecule has 0 unspecified atom stereocenters. The highest BCUT2D eigenvalue weighted by atomic mass is 32.1. The van der Waals surface area contributed by atoms with Gasteiger partial charge in [-0.05, 0) is 44.2 Å². The van der Waals surface area contributed by atoms with Crippen molar-refractivity contribution in [1.82, 2.24) is 4.90 Å². The molecule has 5 heteroatoms. The Labute approximate surface area is 146 Å². The first-order valence-corrected chi connectivity index (χ1v) is 8.40. The zero-order valence-corrected chi connectivity index (χ0v) is 14.8. The van der Waals surface area contributed by atoms with Crippen molar-refractivity contribution in [3.63, 3.8) is 0 Å². The monoisotopic (exact) mass is 340 g/mol. The van der Waals surface area contributed by atoms with Crippen LogP contribution in [0.1, 0.15) is 28.2 Å². The molecule has 0 aliphatic rings. The Morgan fingerprint density at radius 2 is 2.08 bits per heavy atom. The molecule has 1 atom stereocenters. The van der Waals surface area contributed by atoms with Crippen LogP contribution in [0.25, 0.3) is 0 Å². The summed E-state index contributed by atoms with van der Waals surface area (Å²) < 4.78 is 0. The summed E-state index contributed by atoms with van der Waals surface area (Å²) in [6, 6.07) is 11.0. The zero-order chi connectivity index (χ0) is 17.7. The van der Waals surface area contributed by atoms with E-state index in [-0.39, 0.29) is 24.3 Å². The molecular weight excluding hydrogens is 320 g/mol. The molecule has 1 aromatic heterocycles. The van der Waals surface area contributed by atoms with Crippen molar-refractivity contribution in [2.24, 2.45) is 0 Å². The standard InChI is InChI=1S/C19H20N2O2S/c1-5-15-7-6-8-16(11-15)20-18(22)12-21(4)19(23)14(3)17-10-9-13(2)24-17/h1,6-11,14H,12H2,2-4H3,(H,20,22)/t14-/m1/s1. The Kier molecular flexibility index (Phi) is 5.78. The summed E-state index contributed by atoms with van der Waals surface area (Å²) in [6.45, 7) is 3.86. The highest BCUT2D eigenvalue weighted by molar-refractivity contribution is 7.12. The van der Waals surface area contributed by atoms with Crippen molar-refractivity contribution in [2.75, 3.05) is 18.9 Å². The van der Waals surface area contributed by atoms with E-state index >= 15 is 0 Å². The van der Waals surface area contributed by atoms with E-state index in [1.54, 1.807) is 42.6 Å². The van der Waals surface area contributed by atoms with Crippen LogP contribution in [-0.4, -0.2) is 30.3 Å². The lowest BCUT2D eigenvalue weighted by Crippen LogP contribution is -2.37. The first kappa shape index (κ1) is 17.8. The lowest BCUT2D eigenvalue weighted by molar-refractivity contribution is -0.134. The van der Waals surface area contributed by atoms with Crippen LogP contribution < -0.4 is 5.32 Å². The third-order valence-electron chi connectivity index (χ3n) is 3.63. The van der Waals surface area contributed by atoms with Crippen molar-refractivity contribution < 1.29 is 9.59 Å². The van der Waals surface area contributed by atoms with Crippen molar-refractivity contribution in [3.05, 3.63) is 51.7 Å². The van der Waals surface area contributed by atoms with E-state index in [0.717, 1.165) is 4.88 Å². The van der Waals surface area contributed by atoms with E-state index in [0.29, 0.717) is 11.3 Å². The molecule has 1 aromatic carbocycles. The number of thiophene rings is 1. The normalized spacial score (nSPS) is 11.4. The maximum atomic E-state index is 12.5. The summed E-state index contributed by atoms with van der Waals surface area (Å²) in [5.41, 5.74) is 1.32. The minimum Gasteiger partial charge on any atom is -0.336 e. The van der Waals surface area contributed by atoms with Gasteiger partial charge in [0.15, 0.2) is 0 Å². The molecule has 2 rings (SSSR count). The summed E-state index contributed by atoms with van der Waals surface area (Å²) in [4.78, 5) is 28.2. The Hall–Kier alpha value is -2.58. The third-order valence-corrected chi connectivity index (χ3v) is 4.81. The molecular formula is C19H20N2O2S. The fourth-order valence-corrected chi connectivity index (χ4v) is 3.24. The Balaban J connectivity index is 1.95. The maximum Gasteiger partial charge on any atom is 0.243 e. The maximum absolute atomic E-state index is 12.5. The van der Waals surface area contributed by atoms with E-state index in [2.05, 4.69) is 11.2 Å². The third kappa shape index (κ3) is 4.46. The number of hydrogen-bond donors (Lipinski definition) is 1. The highest BCUT2D eigenvalue weighted by Crippen LogP contribution is 2.25. The predicted octanol–water partition coefficient (Wildman–Crippen LogP) is 3.24. The van der Waals surface area contributed by atoms with Crippen LogP contribution in [0.2, 0.25) is 0 Å². The molecule has 0 fully saturated rings. The largest absolute Gasteiger partial charge is 0.336 e. The number of rotatable bonds is 5. The second-order valence-electron chi connectivity index (χ2n) is 5.64. The Morgan fingerprint density at radius 3 is 2.71 bits per heavy atom. The van der Waals surface area contributed by atoms with Crippen molar-refractivity contribution in [3.8, 4) is 12.3 Å². The van der Waals surface area contributed by atoms with Crippen molar-refractivity contribution in [1.29, 1.82) is 0 Å². The molecule has 0 radical (unpaired) electrons. The number of amides is 2. The van der Waals surface area contributed by atoms with Crippen molar-refractivity contribution in [2.45, 2.75) is 19.8 Å². The first-order valence-electron chi connectivity index (χ1n) is 7.58. The van der Waals surface area contributed by atoms with Gasteiger partial charge in [0.05, 0.1) is 12.5 Å². The molecule has 0 bridgehead atoms. The molecule has 1 N–H and O–H groups in total. The fourth-order valence-electron chi connectivity index (χ4n) is 2.32. The van der Waals surface area contributed by atoms with Gasteiger partial charge in [-0.1, -0.05) is 12.0 Å². The number of terminal acetylenes is 1. The summed E-state index contributed by atoms with van der Waals surface area (Å²) in [6.07, 6.45) is 5.35. The van der Waals surface area contributed by atoms with Crippen LogP contribution in [0, 0.1) is 19.3 Å². The molecule has 2 aromatic rings. The molecule has 0 saturated carbocycles. The summed E-state index contributed by atoms with van der Waals surface area (Å²) in [5.74, 6) is 1.93. The summed E-state index contributed by atoms with van der Waals surface area (Å²) in [7, 11) is 1.64. The molecule has 0 saturated heterocycles. The molecule has 1 heterocycles. The zero-order valence-electron chi connectivity index (χ0n) is 14.0. The smallest absolute Gasteiger partial charge is 0.243 e. The van der Waals surface area contributed by atoms with Gasteiger partial charge in [0.25, 0.3) is 0 Å². The number of benzene rings is 1. The molecule has 0 aliphatic carbocycles. The average Bonchev–Trinajstić information content (AvgIpc) is 2.99. The Morgan fingerprint density at radius 1 is 1.33 bits per heavy atom. The van der Waals surface area contributed by atoms with E-state index < -0.39 is 0 Å². The fraction of sp³-hybridized carbons (Fsp3) is 0.263. The first-order chi connectivity index (χ1) is 11.4. The molecule has 2 amide bonds. The van der Waals surface area contributed by atoms with Crippen molar-refractivity contribution >= 4 is 28.8 Å². The molecule has 4 nitrogen and oxygen atoms in total. The average molecular weight is 340 g/mol. The number of carbonyl (C=O) groups excluding carboxylic acids is 2. The van der Waals surface area contributed by atoms with Crippen LogP contribution in [0.4, 0.5) is 5.69 Å². The Bertz CT molecular complexity index is 789. The van der Waals surface area contributed by atoms with Crippen LogP contribution in [-0.2, 0) is 9.59 Å². The van der Waals surface area contributed by atoms with E-state index in [4.69, 9.17) is 6.42 Å². The van der Waals surface area contributed by atoms with E-state index in [9.17, 15) is 9.59 Å². The lowest BCUT2D eigenvalue weighted by atomic mass is 10.1. The number of hydrogen-bond acceptors (Lipinski definition) is 3. The van der Waals surface area contributed by atoms with Gasteiger partial charge in [-0.2, -0.15) is 0 Å². The molecule has 124 valence electrons. The topological polar surface area (TPSA) is 49.4 Å². The number of carbonyl (C=O) groups is 2. The van der Waals surface area contributed by atoms with Gasteiger partial charge in [-0.3, -0.25) is 9.59 Å². The van der Waals surface area contributed by atoms with Gasteiger partial charge in [0, 0.05) is 28.1 Å². The van der Waals surface area contributed by atoms with Crippen LogP contribution in [0.3, 0.4) is 0 Å². The highest BCUT2D eigenvalue weighted by Gasteiger charge is 2.22. The number of nitrogens with zero attached hydrogens (tertiary/aromatic N) is 1. The van der Waals surface area contributed by atoms with Gasteiger partial charge in [-0.15, -0.1) is 17.8 Å². The quantitative estimate of drug-likeness (QED) is 0.850. The second kappa shape index (κ2) is 7.80. The van der Waals surface area contributed by atoms with Gasteiger partial charge in [0.2, 0.25) is 11.8 Å². The molecule has 0 aliphatic heterocycles. The van der Waals surface area contributed by atoms with Gasteiger partial charge >= 0.3 is 0 Å². The van der Waals surface area contributed by atoms with Crippen LogP contribution >= 0.6 is 11.3 Å². The molecule has 24 heavy (non-hydrogen) atoms.